The molecular formula is C23H29ClN6O. The molecule has 164 valence electrons. The zero-order chi connectivity index (χ0) is 22.3. The van der Waals surface area contributed by atoms with E-state index in [-0.39, 0.29) is 24.0 Å². The van der Waals surface area contributed by atoms with Gasteiger partial charge in [-0.3, -0.25) is 4.79 Å². The summed E-state index contributed by atoms with van der Waals surface area (Å²) in [5, 5.41) is 5.29. The van der Waals surface area contributed by atoms with Crippen molar-refractivity contribution in [2.24, 2.45) is 5.73 Å². The van der Waals surface area contributed by atoms with Gasteiger partial charge in [-0.2, -0.15) is 5.10 Å². The summed E-state index contributed by atoms with van der Waals surface area (Å²) in [7, 11) is 0. The number of aromatic nitrogens is 3. The normalized spacial score (nSPS) is 17.5. The van der Waals surface area contributed by atoms with E-state index >= 15 is 0 Å². The Kier molecular flexibility index (Phi) is 5.90. The highest BCUT2D eigenvalue weighted by molar-refractivity contribution is 6.30. The van der Waals surface area contributed by atoms with Crippen LogP contribution in [0.5, 0.6) is 0 Å². The Balaban J connectivity index is 1.66. The van der Waals surface area contributed by atoms with Gasteiger partial charge in [0.2, 0.25) is 0 Å². The molecule has 7 nitrogen and oxygen atoms in total. The zero-order valence-corrected chi connectivity index (χ0v) is 19.2. The monoisotopic (exact) mass is 440 g/mol. The Bertz CT molecular complexity index is 1110. The molecule has 0 aliphatic carbocycles. The molecule has 31 heavy (non-hydrogen) atoms. The number of benzene rings is 1. The highest BCUT2D eigenvalue weighted by atomic mass is 35.5. The second-order valence-electron chi connectivity index (χ2n) is 8.61. The maximum Gasteiger partial charge on any atom is 0.254 e. The summed E-state index contributed by atoms with van der Waals surface area (Å²) in [4.78, 5) is 22.2. The molecule has 4 rings (SSSR count). The van der Waals surface area contributed by atoms with Gasteiger partial charge in [0.1, 0.15) is 5.82 Å². The Hall–Kier alpha value is -2.64. The van der Waals surface area contributed by atoms with Crippen LogP contribution in [0.2, 0.25) is 5.02 Å². The van der Waals surface area contributed by atoms with Crippen molar-refractivity contribution in [3.63, 3.8) is 0 Å². The van der Waals surface area contributed by atoms with Gasteiger partial charge in [0, 0.05) is 53.6 Å². The minimum absolute atomic E-state index is 0.0114. The number of halogens is 1. The van der Waals surface area contributed by atoms with Crippen molar-refractivity contribution in [2.75, 3.05) is 18.0 Å². The number of nitrogens with two attached hydrogens (primary N) is 1. The number of hydrogen-bond donors (Lipinski definition) is 1. The van der Waals surface area contributed by atoms with Crippen LogP contribution in [0.25, 0.3) is 5.65 Å². The molecule has 1 aromatic carbocycles. The molecule has 0 radical (unpaired) electrons. The molecule has 1 amide bonds. The Morgan fingerprint density at radius 1 is 1.29 bits per heavy atom. The number of carbonyl (C=O) groups is 1. The van der Waals surface area contributed by atoms with Gasteiger partial charge in [-0.05, 0) is 52.3 Å². The van der Waals surface area contributed by atoms with Crippen molar-refractivity contribution in [1.82, 2.24) is 19.5 Å². The lowest BCUT2D eigenvalue weighted by atomic mass is 10.1. The van der Waals surface area contributed by atoms with Crippen LogP contribution in [0.15, 0.2) is 36.5 Å². The van der Waals surface area contributed by atoms with Crippen molar-refractivity contribution >= 4 is 29.0 Å². The van der Waals surface area contributed by atoms with Crippen LogP contribution in [0.4, 0.5) is 5.82 Å². The van der Waals surface area contributed by atoms with Gasteiger partial charge in [-0.1, -0.05) is 17.7 Å². The van der Waals surface area contributed by atoms with E-state index in [0.29, 0.717) is 10.6 Å². The second kappa shape index (κ2) is 8.48. The van der Waals surface area contributed by atoms with Crippen molar-refractivity contribution < 1.29 is 4.79 Å². The fourth-order valence-corrected chi connectivity index (χ4v) is 4.48. The molecule has 1 fully saturated rings. The van der Waals surface area contributed by atoms with Crippen LogP contribution in [-0.2, 0) is 0 Å². The highest BCUT2D eigenvalue weighted by Crippen LogP contribution is 2.27. The molecule has 1 saturated heterocycles. The first-order chi connectivity index (χ1) is 14.7. The van der Waals surface area contributed by atoms with Gasteiger partial charge < -0.3 is 15.5 Å². The van der Waals surface area contributed by atoms with E-state index < -0.39 is 0 Å². The van der Waals surface area contributed by atoms with E-state index in [9.17, 15) is 4.79 Å². The van der Waals surface area contributed by atoms with Gasteiger partial charge in [-0.15, -0.1) is 0 Å². The summed E-state index contributed by atoms with van der Waals surface area (Å²) in [6.07, 6.45) is 2.97. The zero-order valence-electron chi connectivity index (χ0n) is 18.4. The Morgan fingerprint density at radius 3 is 2.71 bits per heavy atom. The molecule has 0 spiro atoms. The summed E-state index contributed by atoms with van der Waals surface area (Å²) in [6, 6.07) is 8.97. The molecule has 3 aromatic rings. The molecule has 2 atom stereocenters. The molecule has 2 N–H and O–H groups in total. The fourth-order valence-electron chi connectivity index (χ4n) is 4.29. The Labute approximate surface area is 187 Å². The molecule has 1 aliphatic rings. The maximum absolute atomic E-state index is 13.3. The van der Waals surface area contributed by atoms with Gasteiger partial charge in [0.15, 0.2) is 5.65 Å². The number of anilines is 1. The van der Waals surface area contributed by atoms with Crippen molar-refractivity contribution in [2.45, 2.75) is 52.2 Å². The summed E-state index contributed by atoms with van der Waals surface area (Å²) < 4.78 is 1.79. The van der Waals surface area contributed by atoms with E-state index in [2.05, 4.69) is 4.90 Å². The maximum atomic E-state index is 13.3. The molecule has 8 heteroatoms. The van der Waals surface area contributed by atoms with Gasteiger partial charge >= 0.3 is 0 Å². The quantitative estimate of drug-likeness (QED) is 0.652. The smallest absolute Gasteiger partial charge is 0.254 e. The molecule has 3 heterocycles. The molecule has 0 saturated carbocycles. The van der Waals surface area contributed by atoms with E-state index in [4.69, 9.17) is 27.4 Å². The molecule has 2 aromatic heterocycles. The summed E-state index contributed by atoms with van der Waals surface area (Å²) >= 11 is 6.11. The van der Waals surface area contributed by atoms with Crippen LogP contribution in [0.3, 0.4) is 0 Å². The standard InChI is InChI=1S/C23H29ClN6O/c1-14(2)30(23(31)17-6-5-7-18(24)10-17)16(4)20-11-21-26-22(15(3)12-29(21)27-20)28-9-8-19(25)13-28/h5-7,10-12,14,16,19H,8-9,13,25H2,1-4H3/t16-,19-/m0/s1. The van der Waals surface area contributed by atoms with Crippen LogP contribution < -0.4 is 10.6 Å². The lowest BCUT2D eigenvalue weighted by Gasteiger charge is -2.32. The molecule has 0 bridgehead atoms. The molecule has 1 aliphatic heterocycles. The van der Waals surface area contributed by atoms with Crippen LogP contribution in [-0.4, -0.2) is 50.6 Å². The van der Waals surface area contributed by atoms with E-state index in [1.165, 1.54) is 0 Å². The average Bonchev–Trinajstić information content (AvgIpc) is 3.32. The predicted molar refractivity (Wildman–Crippen MR) is 124 cm³/mol. The summed E-state index contributed by atoms with van der Waals surface area (Å²) in [5.41, 5.74) is 9.27. The minimum atomic E-state index is -0.225. The van der Waals surface area contributed by atoms with Crippen molar-refractivity contribution in [3.8, 4) is 0 Å². The minimum Gasteiger partial charge on any atom is -0.355 e. The number of carbonyl (C=O) groups excluding carboxylic acids is 1. The SMILES string of the molecule is Cc1cn2nc([C@H](C)N(C(=O)c3cccc(Cl)c3)C(C)C)cc2nc1N1CC[C@H](N)C1. The largest absolute Gasteiger partial charge is 0.355 e. The van der Waals surface area contributed by atoms with Crippen LogP contribution >= 0.6 is 11.6 Å². The predicted octanol–water partition coefficient (Wildman–Crippen LogP) is 3.84. The number of rotatable bonds is 5. The average molecular weight is 441 g/mol. The number of aryl methyl sites for hydroxylation is 1. The van der Waals surface area contributed by atoms with Crippen molar-refractivity contribution in [3.05, 3.63) is 58.4 Å². The molecular weight excluding hydrogens is 412 g/mol. The first-order valence-electron chi connectivity index (χ1n) is 10.7. The lowest BCUT2D eigenvalue weighted by molar-refractivity contribution is 0.0620. The van der Waals surface area contributed by atoms with Crippen molar-refractivity contribution in [1.29, 1.82) is 0 Å². The first kappa shape index (κ1) is 21.6. The van der Waals surface area contributed by atoms with E-state index in [0.717, 1.165) is 42.2 Å². The van der Waals surface area contributed by atoms with Crippen LogP contribution in [0, 0.1) is 6.92 Å². The van der Waals surface area contributed by atoms with Gasteiger partial charge in [-0.25, -0.2) is 9.50 Å². The molecule has 0 unspecified atom stereocenters. The second-order valence-corrected chi connectivity index (χ2v) is 9.04. The highest BCUT2D eigenvalue weighted by Gasteiger charge is 2.28. The van der Waals surface area contributed by atoms with Gasteiger partial charge in [0.05, 0.1) is 11.7 Å². The summed E-state index contributed by atoms with van der Waals surface area (Å²) in [5.74, 6) is 0.883. The van der Waals surface area contributed by atoms with E-state index in [1.807, 2.05) is 44.9 Å². The number of fused-ring (bicyclic) bond motifs is 1. The van der Waals surface area contributed by atoms with E-state index in [1.54, 1.807) is 28.8 Å². The number of amides is 1. The first-order valence-corrected chi connectivity index (χ1v) is 11.1. The summed E-state index contributed by atoms with van der Waals surface area (Å²) in [6.45, 7) is 9.78. The Morgan fingerprint density at radius 2 is 2.06 bits per heavy atom. The lowest BCUT2D eigenvalue weighted by Crippen LogP contribution is -2.39. The van der Waals surface area contributed by atoms with Crippen LogP contribution in [0.1, 0.15) is 54.8 Å². The van der Waals surface area contributed by atoms with Gasteiger partial charge in [0.25, 0.3) is 5.91 Å². The topological polar surface area (TPSA) is 79.8 Å². The third-order valence-corrected chi connectivity index (χ3v) is 6.09. The third-order valence-electron chi connectivity index (χ3n) is 5.86. The number of hydrogen-bond acceptors (Lipinski definition) is 5. The third kappa shape index (κ3) is 4.25. The number of nitrogens with zero attached hydrogens (tertiary/aromatic N) is 5. The fraction of sp³-hybridized carbons (Fsp3) is 0.435.